The summed E-state index contributed by atoms with van der Waals surface area (Å²) in [6.45, 7) is 4.23. The zero-order valence-corrected chi connectivity index (χ0v) is 22.1. The lowest BCUT2D eigenvalue weighted by molar-refractivity contribution is -0.136. The second kappa shape index (κ2) is 10.7. The van der Waals surface area contributed by atoms with Crippen molar-refractivity contribution in [2.45, 2.75) is 38.0 Å². The van der Waals surface area contributed by atoms with Gasteiger partial charge in [0.05, 0.1) is 6.04 Å². The number of carbonyl (C=O) groups is 3. The number of hydrogen-bond donors (Lipinski definition) is 3. The van der Waals surface area contributed by atoms with Gasteiger partial charge < -0.3 is 15.1 Å². The third-order valence-electron chi connectivity index (χ3n) is 8.22. The van der Waals surface area contributed by atoms with Gasteiger partial charge in [-0.3, -0.25) is 29.5 Å². The Kier molecular flexibility index (Phi) is 7.00. The number of fused-ring (bicyclic) bond motifs is 1. The summed E-state index contributed by atoms with van der Waals surface area (Å²) < 4.78 is 0. The summed E-state index contributed by atoms with van der Waals surface area (Å²) in [6.07, 6.45) is 0.591. The molecule has 9 nitrogen and oxygen atoms in total. The highest BCUT2D eigenvalue weighted by atomic mass is 16.3. The summed E-state index contributed by atoms with van der Waals surface area (Å²) in [7, 11) is 0. The van der Waals surface area contributed by atoms with Gasteiger partial charge >= 0.3 is 0 Å². The minimum Gasteiger partial charge on any atom is -0.508 e. The van der Waals surface area contributed by atoms with Gasteiger partial charge in [0.25, 0.3) is 5.91 Å². The third-order valence-corrected chi connectivity index (χ3v) is 8.22. The quantitative estimate of drug-likeness (QED) is 0.412. The van der Waals surface area contributed by atoms with Crippen LogP contribution < -0.4 is 5.32 Å². The van der Waals surface area contributed by atoms with Crippen LogP contribution in [0.25, 0.3) is 0 Å². The maximum atomic E-state index is 13.5. The van der Waals surface area contributed by atoms with E-state index in [1.165, 1.54) is 0 Å². The van der Waals surface area contributed by atoms with Crippen molar-refractivity contribution in [3.05, 3.63) is 94.5 Å². The summed E-state index contributed by atoms with van der Waals surface area (Å²) in [5.74, 6) is -0.382. The molecule has 40 heavy (non-hydrogen) atoms. The minimum absolute atomic E-state index is 0.0204. The van der Waals surface area contributed by atoms with Gasteiger partial charge in [-0.2, -0.15) is 0 Å². The van der Waals surface area contributed by atoms with Gasteiger partial charge in [0.1, 0.15) is 17.5 Å². The molecule has 1 unspecified atom stereocenters. The molecule has 0 saturated carbocycles. The Morgan fingerprint density at radius 3 is 2.05 bits per heavy atom. The first-order valence-electron chi connectivity index (χ1n) is 13.7. The van der Waals surface area contributed by atoms with E-state index >= 15 is 0 Å². The Morgan fingerprint density at radius 2 is 1.45 bits per heavy atom. The van der Waals surface area contributed by atoms with Crippen molar-refractivity contribution in [3.63, 3.8) is 0 Å². The first kappa shape index (κ1) is 26.0. The Labute approximate surface area is 232 Å². The molecular weight excluding hydrogens is 508 g/mol. The van der Waals surface area contributed by atoms with Gasteiger partial charge in [-0.25, -0.2) is 0 Å². The predicted octanol–water partition coefficient (Wildman–Crippen LogP) is 2.77. The van der Waals surface area contributed by atoms with Gasteiger partial charge in [-0.1, -0.05) is 42.5 Å². The number of imide groups is 1. The fourth-order valence-corrected chi connectivity index (χ4v) is 6.17. The lowest BCUT2D eigenvalue weighted by Gasteiger charge is -2.40. The topological polar surface area (TPSA) is 113 Å². The Hall–Kier alpha value is -4.21. The molecule has 0 aliphatic carbocycles. The van der Waals surface area contributed by atoms with E-state index in [2.05, 4.69) is 15.1 Å². The molecule has 1 atom stereocenters. The van der Waals surface area contributed by atoms with Crippen LogP contribution in [0, 0.1) is 0 Å². The monoisotopic (exact) mass is 540 g/mol. The fraction of sp³-hybridized carbons (Fsp3) is 0.323. The number of rotatable bonds is 6. The van der Waals surface area contributed by atoms with Crippen LogP contribution >= 0.6 is 0 Å². The number of hydrogen-bond acceptors (Lipinski definition) is 7. The molecule has 3 N–H and O–H groups in total. The molecule has 0 bridgehead atoms. The van der Waals surface area contributed by atoms with E-state index in [4.69, 9.17) is 0 Å². The highest BCUT2D eigenvalue weighted by Crippen LogP contribution is 2.33. The van der Waals surface area contributed by atoms with Crippen LogP contribution in [0.3, 0.4) is 0 Å². The van der Waals surface area contributed by atoms with E-state index in [1.54, 1.807) is 29.2 Å². The average molecular weight is 541 g/mol. The van der Waals surface area contributed by atoms with Crippen LogP contribution in [0.1, 0.15) is 51.5 Å². The van der Waals surface area contributed by atoms with Crippen molar-refractivity contribution in [3.8, 4) is 11.5 Å². The normalized spacial score (nSPS) is 20.2. The predicted molar refractivity (Wildman–Crippen MR) is 147 cm³/mol. The summed E-state index contributed by atoms with van der Waals surface area (Å²) in [4.78, 5) is 43.9. The van der Waals surface area contributed by atoms with Gasteiger partial charge in [0.2, 0.25) is 11.8 Å². The number of amides is 3. The fourth-order valence-electron chi connectivity index (χ4n) is 6.17. The van der Waals surface area contributed by atoms with Crippen molar-refractivity contribution in [1.29, 1.82) is 0 Å². The summed E-state index contributed by atoms with van der Waals surface area (Å²) in [5.41, 5.74) is 4.69. The summed E-state index contributed by atoms with van der Waals surface area (Å²) in [6, 6.07) is 19.8. The largest absolute Gasteiger partial charge is 0.508 e. The molecule has 3 amide bonds. The molecule has 0 spiro atoms. The first-order valence-corrected chi connectivity index (χ1v) is 13.7. The number of nitrogens with zero attached hydrogens (tertiary/aromatic N) is 3. The van der Waals surface area contributed by atoms with Crippen LogP contribution in [0.5, 0.6) is 11.5 Å². The van der Waals surface area contributed by atoms with E-state index in [1.807, 2.05) is 42.5 Å². The number of piperazine rings is 1. The number of phenols is 2. The number of aromatic hydroxyl groups is 2. The molecule has 3 aromatic carbocycles. The maximum Gasteiger partial charge on any atom is 0.255 e. The number of carbonyl (C=O) groups excluding carboxylic acids is 3. The molecule has 206 valence electrons. The second-order valence-corrected chi connectivity index (χ2v) is 10.7. The number of benzene rings is 3. The van der Waals surface area contributed by atoms with Gasteiger partial charge in [0, 0.05) is 51.3 Å². The standard InChI is InChI=1S/C31H32N4O5/c36-24-8-4-20(5-9-24)29(21-6-10-25(37)11-7-21)34-16-14-33(15-17-34)18-22-2-1-3-23-19-35(31(40)28(22)23)26-12-13-27(38)32-30(26)39/h1-11,26,29,36-37H,12-19H2,(H,32,38,39). The molecule has 3 heterocycles. The SMILES string of the molecule is O=C1CCC(N2Cc3cccc(CN4CCN(C(c5ccc(O)cc5)c5ccc(O)cc5)CC4)c3C2=O)C(=O)N1. The van der Waals surface area contributed by atoms with E-state index in [0.29, 0.717) is 25.1 Å². The number of phenolic OH excluding ortho intramolecular Hbond substituents is 2. The maximum absolute atomic E-state index is 13.5. The molecule has 9 heteroatoms. The lowest BCUT2D eigenvalue weighted by Crippen LogP contribution is -2.52. The summed E-state index contributed by atoms with van der Waals surface area (Å²) >= 11 is 0. The van der Waals surface area contributed by atoms with Crippen molar-refractivity contribution in [2.24, 2.45) is 0 Å². The smallest absolute Gasteiger partial charge is 0.255 e. The molecule has 2 fully saturated rings. The molecule has 3 aliphatic heterocycles. The molecule has 3 aromatic rings. The average Bonchev–Trinajstić information content (AvgIpc) is 3.28. The van der Waals surface area contributed by atoms with Crippen molar-refractivity contribution >= 4 is 17.7 Å². The molecule has 0 radical (unpaired) electrons. The van der Waals surface area contributed by atoms with Crippen LogP contribution in [-0.2, 0) is 22.7 Å². The van der Waals surface area contributed by atoms with E-state index < -0.39 is 11.9 Å². The molecule has 6 rings (SSSR count). The highest BCUT2D eigenvalue weighted by molar-refractivity contribution is 6.06. The highest BCUT2D eigenvalue weighted by Gasteiger charge is 2.40. The zero-order valence-electron chi connectivity index (χ0n) is 22.1. The Bertz CT molecular complexity index is 1390. The van der Waals surface area contributed by atoms with Crippen LogP contribution in [0.2, 0.25) is 0 Å². The van der Waals surface area contributed by atoms with Gasteiger partial charge in [-0.05, 0) is 52.9 Å². The molecule has 3 aliphatic rings. The summed E-state index contributed by atoms with van der Waals surface area (Å²) in [5, 5.41) is 22.0. The minimum atomic E-state index is -0.620. The second-order valence-electron chi connectivity index (χ2n) is 10.7. The zero-order chi connectivity index (χ0) is 27.8. The Balaban J connectivity index is 1.16. The van der Waals surface area contributed by atoms with E-state index in [-0.39, 0.29) is 35.8 Å². The van der Waals surface area contributed by atoms with Crippen molar-refractivity contribution < 1.29 is 24.6 Å². The van der Waals surface area contributed by atoms with Gasteiger partial charge in [-0.15, -0.1) is 0 Å². The number of piperidine rings is 1. The van der Waals surface area contributed by atoms with Gasteiger partial charge in [0.15, 0.2) is 0 Å². The Morgan fingerprint density at radius 1 is 0.825 bits per heavy atom. The van der Waals surface area contributed by atoms with Crippen LogP contribution in [-0.4, -0.2) is 74.9 Å². The van der Waals surface area contributed by atoms with Crippen LogP contribution in [0.15, 0.2) is 66.7 Å². The number of nitrogens with one attached hydrogen (secondary N) is 1. The van der Waals surface area contributed by atoms with Crippen molar-refractivity contribution in [2.75, 3.05) is 26.2 Å². The van der Waals surface area contributed by atoms with E-state index in [0.717, 1.165) is 48.4 Å². The van der Waals surface area contributed by atoms with Crippen molar-refractivity contribution in [1.82, 2.24) is 20.0 Å². The molecule has 0 aromatic heterocycles. The van der Waals surface area contributed by atoms with E-state index in [9.17, 15) is 24.6 Å². The van der Waals surface area contributed by atoms with Crippen LogP contribution in [0.4, 0.5) is 0 Å². The molecular formula is C31H32N4O5. The third kappa shape index (κ3) is 5.05. The first-order chi connectivity index (χ1) is 19.4. The lowest BCUT2D eigenvalue weighted by atomic mass is 9.96. The molecule has 2 saturated heterocycles.